The third-order valence-electron chi connectivity index (χ3n) is 4.54. The average molecular weight is 262 g/mol. The fourth-order valence-corrected chi connectivity index (χ4v) is 2.92. The van der Waals surface area contributed by atoms with Gasteiger partial charge in [-0.2, -0.15) is 0 Å². The minimum absolute atomic E-state index is 0.145. The van der Waals surface area contributed by atoms with Crippen molar-refractivity contribution >= 4 is 0 Å². The van der Waals surface area contributed by atoms with Crippen LogP contribution in [0.2, 0.25) is 0 Å². The zero-order valence-electron chi connectivity index (χ0n) is 12.3. The minimum Gasteiger partial charge on any atom is -0.386 e. The Hall–Kier alpha value is -0.860. The largest absolute Gasteiger partial charge is 0.386 e. The van der Waals surface area contributed by atoms with Gasteiger partial charge in [0.05, 0.1) is 12.2 Å². The van der Waals surface area contributed by atoms with Crippen molar-refractivity contribution in [2.75, 3.05) is 0 Å². The number of ether oxygens (including phenoxy) is 1. The van der Waals surface area contributed by atoms with Crippen LogP contribution in [0.4, 0.5) is 0 Å². The number of benzene rings is 1. The summed E-state index contributed by atoms with van der Waals surface area (Å²) in [7, 11) is 0. The smallest absolute Gasteiger partial charge is 0.105 e. The highest BCUT2D eigenvalue weighted by Crippen LogP contribution is 2.32. The Labute approximate surface area is 116 Å². The highest BCUT2D eigenvalue weighted by Gasteiger charge is 2.28. The highest BCUT2D eigenvalue weighted by molar-refractivity contribution is 5.18. The summed E-state index contributed by atoms with van der Waals surface area (Å²) in [5.41, 5.74) is 0.937. The van der Waals surface area contributed by atoms with Gasteiger partial charge in [0, 0.05) is 0 Å². The predicted molar refractivity (Wildman–Crippen MR) is 77.9 cm³/mol. The first-order valence-corrected chi connectivity index (χ1v) is 7.46. The number of hydrogen-bond donors (Lipinski definition) is 1. The molecule has 2 heteroatoms. The molecule has 0 amide bonds. The van der Waals surface area contributed by atoms with E-state index in [-0.39, 0.29) is 6.10 Å². The van der Waals surface area contributed by atoms with E-state index in [1.807, 2.05) is 37.3 Å². The lowest BCUT2D eigenvalue weighted by Gasteiger charge is -2.34. The first-order valence-electron chi connectivity index (χ1n) is 7.46. The van der Waals surface area contributed by atoms with Crippen molar-refractivity contribution in [2.24, 2.45) is 11.8 Å². The average Bonchev–Trinajstić information content (AvgIpc) is 2.43. The van der Waals surface area contributed by atoms with E-state index in [2.05, 4.69) is 13.8 Å². The topological polar surface area (TPSA) is 29.5 Å². The molecular weight excluding hydrogens is 236 g/mol. The highest BCUT2D eigenvalue weighted by atomic mass is 16.5. The van der Waals surface area contributed by atoms with Gasteiger partial charge in [0.1, 0.15) is 6.10 Å². The molecule has 5 atom stereocenters. The molecule has 1 N–H and O–H groups in total. The molecule has 1 aromatic rings. The molecule has 1 aliphatic rings. The maximum absolute atomic E-state index is 10.3. The second-order valence-corrected chi connectivity index (χ2v) is 6.09. The van der Waals surface area contributed by atoms with Crippen molar-refractivity contribution in [3.05, 3.63) is 35.9 Å². The molecule has 2 nitrogen and oxygen atoms in total. The molecule has 19 heavy (non-hydrogen) atoms. The van der Waals surface area contributed by atoms with E-state index in [9.17, 15) is 5.11 Å². The quantitative estimate of drug-likeness (QED) is 0.890. The number of hydrogen-bond acceptors (Lipinski definition) is 2. The van der Waals surface area contributed by atoms with Crippen molar-refractivity contribution in [3.8, 4) is 0 Å². The van der Waals surface area contributed by atoms with Crippen molar-refractivity contribution < 1.29 is 9.84 Å². The maximum atomic E-state index is 10.3. The predicted octanol–water partition coefficient (Wildman–Crippen LogP) is 3.95. The van der Waals surface area contributed by atoms with E-state index >= 15 is 0 Å². The summed E-state index contributed by atoms with van der Waals surface area (Å²) in [4.78, 5) is 0. The van der Waals surface area contributed by atoms with Gasteiger partial charge in [-0.15, -0.1) is 0 Å². The van der Waals surface area contributed by atoms with Gasteiger partial charge in [-0.3, -0.25) is 0 Å². The zero-order valence-corrected chi connectivity index (χ0v) is 12.3. The van der Waals surface area contributed by atoms with E-state index in [4.69, 9.17) is 4.74 Å². The number of aliphatic hydroxyl groups is 1. The Morgan fingerprint density at radius 1 is 1.11 bits per heavy atom. The van der Waals surface area contributed by atoms with Gasteiger partial charge in [-0.25, -0.2) is 0 Å². The van der Waals surface area contributed by atoms with Gasteiger partial charge in [0.15, 0.2) is 0 Å². The summed E-state index contributed by atoms with van der Waals surface area (Å²) in [5, 5.41) is 10.3. The summed E-state index contributed by atoms with van der Waals surface area (Å²) in [6.07, 6.45) is 3.10. The zero-order chi connectivity index (χ0) is 13.8. The first kappa shape index (κ1) is 14.5. The van der Waals surface area contributed by atoms with Gasteiger partial charge >= 0.3 is 0 Å². The lowest BCUT2D eigenvalue weighted by Crippen LogP contribution is -2.31. The van der Waals surface area contributed by atoms with Crippen LogP contribution in [0, 0.1) is 11.8 Å². The van der Waals surface area contributed by atoms with Crippen molar-refractivity contribution in [2.45, 2.75) is 58.3 Å². The SMILES string of the molecule is CC1CCC(OC(C)C(O)c2ccccc2)CC1C. The standard InChI is InChI=1S/C17H26O2/c1-12-9-10-16(11-13(12)2)19-14(3)17(18)15-7-5-4-6-8-15/h4-8,12-14,16-18H,9-11H2,1-3H3. The molecule has 0 aromatic heterocycles. The Balaban J connectivity index is 1.89. The normalized spacial score (nSPS) is 30.8. The molecule has 0 spiro atoms. The maximum Gasteiger partial charge on any atom is 0.105 e. The molecule has 1 fully saturated rings. The third kappa shape index (κ3) is 3.80. The summed E-state index contributed by atoms with van der Waals surface area (Å²) < 4.78 is 6.08. The Bertz CT molecular complexity index is 376. The van der Waals surface area contributed by atoms with Gasteiger partial charge in [-0.05, 0) is 43.6 Å². The molecule has 5 unspecified atom stereocenters. The molecule has 1 aromatic carbocycles. The molecule has 2 rings (SSSR count). The Kier molecular flexibility index (Phi) is 5.00. The lowest BCUT2D eigenvalue weighted by molar-refractivity contribution is -0.0899. The van der Waals surface area contributed by atoms with Crippen LogP contribution in [0.1, 0.15) is 51.7 Å². The van der Waals surface area contributed by atoms with E-state index < -0.39 is 6.10 Å². The van der Waals surface area contributed by atoms with Crippen LogP contribution in [0.15, 0.2) is 30.3 Å². The lowest BCUT2D eigenvalue weighted by atomic mass is 9.80. The van der Waals surface area contributed by atoms with E-state index in [0.717, 1.165) is 30.2 Å². The van der Waals surface area contributed by atoms with Crippen molar-refractivity contribution in [3.63, 3.8) is 0 Å². The first-order chi connectivity index (χ1) is 9.08. The summed E-state index contributed by atoms with van der Waals surface area (Å²) in [6.45, 7) is 6.60. The van der Waals surface area contributed by atoms with Crippen molar-refractivity contribution in [1.82, 2.24) is 0 Å². The molecule has 1 saturated carbocycles. The van der Waals surface area contributed by atoms with E-state index in [1.165, 1.54) is 6.42 Å². The Morgan fingerprint density at radius 2 is 1.79 bits per heavy atom. The van der Waals surface area contributed by atoms with Gasteiger partial charge < -0.3 is 9.84 Å². The molecule has 1 aliphatic carbocycles. The second-order valence-electron chi connectivity index (χ2n) is 6.09. The molecule has 0 radical (unpaired) electrons. The fraction of sp³-hybridized carbons (Fsp3) is 0.647. The van der Waals surface area contributed by atoms with Crippen LogP contribution in [-0.2, 0) is 4.74 Å². The molecule has 0 saturated heterocycles. The minimum atomic E-state index is -0.532. The summed E-state index contributed by atoms with van der Waals surface area (Å²) >= 11 is 0. The third-order valence-corrected chi connectivity index (χ3v) is 4.54. The van der Waals surface area contributed by atoms with Crippen LogP contribution in [-0.4, -0.2) is 17.3 Å². The number of aliphatic hydroxyl groups excluding tert-OH is 1. The van der Waals surface area contributed by atoms with Crippen LogP contribution in [0.3, 0.4) is 0 Å². The summed E-state index contributed by atoms with van der Waals surface area (Å²) in [5.74, 6) is 1.52. The monoisotopic (exact) mass is 262 g/mol. The van der Waals surface area contributed by atoms with Crippen LogP contribution >= 0.6 is 0 Å². The molecular formula is C17H26O2. The second kappa shape index (κ2) is 6.53. The van der Waals surface area contributed by atoms with Gasteiger partial charge in [-0.1, -0.05) is 44.2 Å². The van der Waals surface area contributed by atoms with Crippen LogP contribution < -0.4 is 0 Å². The van der Waals surface area contributed by atoms with Gasteiger partial charge in [0.25, 0.3) is 0 Å². The Morgan fingerprint density at radius 3 is 2.42 bits per heavy atom. The number of rotatable bonds is 4. The van der Waals surface area contributed by atoms with E-state index in [0.29, 0.717) is 6.10 Å². The van der Waals surface area contributed by atoms with Crippen LogP contribution in [0.25, 0.3) is 0 Å². The van der Waals surface area contributed by atoms with Crippen LogP contribution in [0.5, 0.6) is 0 Å². The summed E-state index contributed by atoms with van der Waals surface area (Å²) in [6, 6.07) is 9.78. The molecule has 0 heterocycles. The van der Waals surface area contributed by atoms with Gasteiger partial charge in [0.2, 0.25) is 0 Å². The fourth-order valence-electron chi connectivity index (χ4n) is 2.92. The molecule has 0 aliphatic heterocycles. The van der Waals surface area contributed by atoms with Crippen molar-refractivity contribution in [1.29, 1.82) is 0 Å². The molecule has 0 bridgehead atoms. The molecule has 106 valence electrons. The van der Waals surface area contributed by atoms with E-state index in [1.54, 1.807) is 0 Å².